The summed E-state index contributed by atoms with van der Waals surface area (Å²) in [5.74, 6) is -0.209. The minimum absolute atomic E-state index is 0.0176. The maximum atomic E-state index is 11.0. The number of phenols is 1. The second-order valence-corrected chi connectivity index (χ2v) is 6.31. The van der Waals surface area contributed by atoms with Gasteiger partial charge in [0.1, 0.15) is 22.5 Å². The van der Waals surface area contributed by atoms with Gasteiger partial charge in [-0.15, -0.1) is 0 Å². The number of aryl methyl sites for hydroxylation is 1. The first-order chi connectivity index (χ1) is 11.2. The molecule has 2 rings (SSSR count). The molecule has 0 aliphatic rings. The standard InChI is InChI=1S/C9H12NO2.C7H8O4S/c1-8(12)9-4-2-3-5-10(9)6-7-11;1-5-2-3-6(8)4-7(5)12(9,10)11/h2-5,11H,6-7H2,1H3;2-4,8H,1H3,(H,9,10,11)/q+1;/p-1. The minimum Gasteiger partial charge on any atom is -0.744 e. The summed E-state index contributed by atoms with van der Waals surface area (Å²) in [4.78, 5) is 10.7. The van der Waals surface area contributed by atoms with Crippen LogP contribution in [0.25, 0.3) is 0 Å². The van der Waals surface area contributed by atoms with Crippen LogP contribution < -0.4 is 4.57 Å². The fourth-order valence-electron chi connectivity index (χ4n) is 1.96. The van der Waals surface area contributed by atoms with Gasteiger partial charge < -0.3 is 14.8 Å². The molecule has 0 fully saturated rings. The Morgan fingerprint density at radius 2 is 1.92 bits per heavy atom. The second-order valence-electron chi connectivity index (χ2n) is 4.96. The van der Waals surface area contributed by atoms with Crippen LogP contribution in [0.1, 0.15) is 23.0 Å². The highest BCUT2D eigenvalue weighted by Crippen LogP contribution is 2.19. The van der Waals surface area contributed by atoms with Gasteiger partial charge in [0.25, 0.3) is 0 Å². The molecular weight excluding hydrogens is 334 g/mol. The molecule has 2 N–H and O–H groups in total. The van der Waals surface area contributed by atoms with Crippen LogP contribution in [0.15, 0.2) is 47.5 Å². The summed E-state index contributed by atoms with van der Waals surface area (Å²) < 4.78 is 33.4. The van der Waals surface area contributed by atoms with Gasteiger partial charge in [0, 0.05) is 19.1 Å². The summed E-state index contributed by atoms with van der Waals surface area (Å²) in [5, 5.41) is 17.6. The van der Waals surface area contributed by atoms with Crippen molar-refractivity contribution in [3.8, 4) is 5.75 Å². The lowest BCUT2D eigenvalue weighted by molar-refractivity contribution is -0.699. The highest BCUT2D eigenvalue weighted by molar-refractivity contribution is 7.85. The number of benzene rings is 1. The molecule has 0 saturated carbocycles. The molecule has 0 aliphatic heterocycles. The maximum absolute atomic E-state index is 11.0. The Kier molecular flexibility index (Phi) is 7.02. The van der Waals surface area contributed by atoms with Crippen LogP contribution in [-0.4, -0.2) is 35.6 Å². The molecule has 0 aliphatic carbocycles. The van der Waals surface area contributed by atoms with Crippen LogP contribution in [0.3, 0.4) is 0 Å². The number of carbonyl (C=O) groups is 1. The summed E-state index contributed by atoms with van der Waals surface area (Å²) in [5.41, 5.74) is 0.967. The average molecular weight is 353 g/mol. The van der Waals surface area contributed by atoms with Gasteiger partial charge in [-0.2, -0.15) is 4.57 Å². The topological polar surface area (TPSA) is 119 Å². The SMILES string of the molecule is CC(=O)c1cccc[n+]1CCO.Cc1ccc(O)cc1S(=O)(=O)[O-]. The van der Waals surface area contributed by atoms with Crippen LogP contribution >= 0.6 is 0 Å². The zero-order valence-electron chi connectivity index (χ0n) is 13.3. The Balaban J connectivity index is 0.000000240. The number of rotatable bonds is 4. The number of hydrogen-bond donors (Lipinski definition) is 2. The van der Waals surface area contributed by atoms with Gasteiger partial charge in [0.15, 0.2) is 12.7 Å². The molecule has 1 heterocycles. The van der Waals surface area contributed by atoms with E-state index < -0.39 is 10.1 Å². The van der Waals surface area contributed by atoms with Gasteiger partial charge in [-0.05, 0) is 30.7 Å². The van der Waals surface area contributed by atoms with Crippen molar-refractivity contribution in [2.24, 2.45) is 0 Å². The monoisotopic (exact) mass is 353 g/mol. The smallest absolute Gasteiger partial charge is 0.248 e. The largest absolute Gasteiger partial charge is 0.744 e. The number of Topliss-reactive ketones (excluding diaryl/α,β-unsaturated/α-hetero) is 1. The van der Waals surface area contributed by atoms with Crippen LogP contribution in [0, 0.1) is 6.92 Å². The maximum Gasteiger partial charge on any atom is 0.248 e. The molecule has 8 heteroatoms. The molecule has 0 unspecified atom stereocenters. The first kappa shape index (κ1) is 19.8. The Morgan fingerprint density at radius 1 is 1.25 bits per heavy atom. The zero-order chi connectivity index (χ0) is 18.3. The summed E-state index contributed by atoms with van der Waals surface area (Å²) in [6.07, 6.45) is 1.78. The molecule has 1 aromatic carbocycles. The number of aliphatic hydroxyl groups is 1. The van der Waals surface area contributed by atoms with E-state index >= 15 is 0 Å². The Bertz CT molecular complexity index is 817. The molecule has 24 heavy (non-hydrogen) atoms. The van der Waals surface area contributed by atoms with Crippen LogP contribution in [0.2, 0.25) is 0 Å². The molecule has 0 spiro atoms. The number of phenolic OH excluding ortho intramolecular Hbond substituents is 1. The lowest BCUT2D eigenvalue weighted by atomic mass is 10.2. The molecule has 2 aromatic rings. The fourth-order valence-corrected chi connectivity index (χ4v) is 2.68. The van der Waals surface area contributed by atoms with Gasteiger partial charge in [0.2, 0.25) is 11.5 Å². The fraction of sp³-hybridized carbons (Fsp3) is 0.250. The quantitative estimate of drug-likeness (QED) is 0.476. The van der Waals surface area contributed by atoms with E-state index in [-0.39, 0.29) is 23.0 Å². The Hall–Kier alpha value is -2.29. The highest BCUT2D eigenvalue weighted by Gasteiger charge is 2.12. The van der Waals surface area contributed by atoms with E-state index in [0.29, 0.717) is 17.8 Å². The van der Waals surface area contributed by atoms with Crippen molar-refractivity contribution in [1.82, 2.24) is 0 Å². The molecule has 0 atom stereocenters. The van der Waals surface area contributed by atoms with Gasteiger partial charge in [-0.25, -0.2) is 8.42 Å². The molecule has 0 amide bonds. The van der Waals surface area contributed by atoms with Gasteiger partial charge in [0.05, 0.1) is 4.90 Å². The molecule has 0 saturated heterocycles. The van der Waals surface area contributed by atoms with Gasteiger partial charge >= 0.3 is 0 Å². The van der Waals surface area contributed by atoms with Crippen LogP contribution in [-0.2, 0) is 16.7 Å². The number of hydrogen-bond acceptors (Lipinski definition) is 6. The molecule has 0 bridgehead atoms. The Morgan fingerprint density at radius 3 is 2.42 bits per heavy atom. The number of aromatic nitrogens is 1. The third kappa shape index (κ3) is 5.73. The number of pyridine rings is 1. The zero-order valence-corrected chi connectivity index (χ0v) is 14.2. The summed E-state index contributed by atoms with van der Waals surface area (Å²) in [6.45, 7) is 3.53. The van der Waals surface area contributed by atoms with E-state index in [1.807, 2.05) is 12.1 Å². The molecule has 7 nitrogen and oxygen atoms in total. The normalized spacial score (nSPS) is 10.7. The first-order valence-corrected chi connectivity index (χ1v) is 8.43. The molecular formula is C16H19NO6S. The van der Waals surface area contributed by atoms with E-state index in [9.17, 15) is 17.8 Å². The predicted molar refractivity (Wildman–Crippen MR) is 84.5 cm³/mol. The van der Waals surface area contributed by atoms with Crippen LogP contribution in [0.5, 0.6) is 5.75 Å². The first-order valence-electron chi connectivity index (χ1n) is 7.02. The lowest BCUT2D eigenvalue weighted by Crippen LogP contribution is -2.40. The van der Waals surface area contributed by atoms with Crippen LogP contribution in [0.4, 0.5) is 0 Å². The van der Waals surface area contributed by atoms with E-state index in [4.69, 9.17) is 10.2 Å². The van der Waals surface area contributed by atoms with Crippen molar-refractivity contribution in [2.45, 2.75) is 25.3 Å². The number of aliphatic hydroxyl groups excluding tert-OH is 1. The third-order valence-corrected chi connectivity index (χ3v) is 4.06. The van der Waals surface area contributed by atoms with Crippen molar-refractivity contribution in [3.63, 3.8) is 0 Å². The molecule has 1 aromatic heterocycles. The minimum atomic E-state index is -4.47. The number of nitrogens with zero attached hydrogens (tertiary/aromatic N) is 1. The van der Waals surface area contributed by atoms with E-state index in [1.165, 1.54) is 26.0 Å². The van der Waals surface area contributed by atoms with E-state index in [1.54, 1.807) is 16.8 Å². The van der Waals surface area contributed by atoms with E-state index in [2.05, 4.69) is 0 Å². The summed E-state index contributed by atoms with van der Waals surface area (Å²) >= 11 is 0. The summed E-state index contributed by atoms with van der Waals surface area (Å²) in [6, 6.07) is 9.03. The van der Waals surface area contributed by atoms with Crippen molar-refractivity contribution >= 4 is 15.9 Å². The van der Waals surface area contributed by atoms with Crippen molar-refractivity contribution in [3.05, 3.63) is 53.9 Å². The number of carbonyl (C=O) groups excluding carboxylic acids is 1. The predicted octanol–water partition coefficient (Wildman–Crippen LogP) is 0.774. The van der Waals surface area contributed by atoms with Crippen molar-refractivity contribution < 1.29 is 32.5 Å². The Labute approximate surface area is 140 Å². The van der Waals surface area contributed by atoms with Gasteiger partial charge in [-0.1, -0.05) is 6.07 Å². The average Bonchev–Trinajstić information content (AvgIpc) is 2.50. The lowest BCUT2D eigenvalue weighted by Gasteiger charge is -2.09. The molecule has 130 valence electrons. The molecule has 0 radical (unpaired) electrons. The van der Waals surface area contributed by atoms with E-state index in [0.717, 1.165) is 6.07 Å². The van der Waals surface area contributed by atoms with Crippen molar-refractivity contribution in [2.75, 3.05) is 6.61 Å². The van der Waals surface area contributed by atoms with Gasteiger partial charge in [-0.3, -0.25) is 4.79 Å². The highest BCUT2D eigenvalue weighted by atomic mass is 32.2. The van der Waals surface area contributed by atoms with Crippen molar-refractivity contribution in [1.29, 1.82) is 0 Å². The number of aromatic hydroxyl groups is 1. The third-order valence-electron chi connectivity index (χ3n) is 3.08. The second kappa shape index (κ2) is 8.53. The summed E-state index contributed by atoms with van der Waals surface area (Å²) in [7, 11) is -4.47. The number of ketones is 1.